The fourth-order valence-electron chi connectivity index (χ4n) is 3.52. The fraction of sp³-hybridized carbons (Fsp3) is 0.160. The number of thiophene rings is 1. The van der Waals surface area contributed by atoms with Crippen LogP contribution >= 0.6 is 22.9 Å². The number of hydrogen-bond acceptors (Lipinski definition) is 6. The number of benzene rings is 2. The number of rotatable bonds is 8. The number of ketones is 1. The lowest BCUT2D eigenvalue weighted by molar-refractivity contribution is 0.0986. The largest absolute Gasteiger partial charge is 0.383 e. The number of carbonyl (C=O) groups excluding carboxylic acids is 1. The van der Waals surface area contributed by atoms with E-state index in [4.69, 9.17) is 22.6 Å². The second-order valence-electron chi connectivity index (χ2n) is 7.47. The molecule has 0 aliphatic heterocycles. The second kappa shape index (κ2) is 9.92. The summed E-state index contributed by atoms with van der Waals surface area (Å²) < 4.78 is 0. The summed E-state index contributed by atoms with van der Waals surface area (Å²) in [7, 11) is 0. The molecule has 0 unspecified atom stereocenters. The van der Waals surface area contributed by atoms with Gasteiger partial charge in [0.05, 0.1) is 21.5 Å². The minimum atomic E-state index is 0.0826. The zero-order chi connectivity index (χ0) is 22.5. The Morgan fingerprint density at radius 3 is 2.84 bits per heavy atom. The van der Waals surface area contributed by atoms with Crippen LogP contribution in [-0.4, -0.2) is 10.8 Å². The summed E-state index contributed by atoms with van der Waals surface area (Å²) in [6.07, 6.45) is 2.75. The molecule has 5 nitrogen and oxygen atoms in total. The van der Waals surface area contributed by atoms with E-state index < -0.39 is 0 Å². The Balaban J connectivity index is 1.34. The van der Waals surface area contributed by atoms with Crippen molar-refractivity contribution in [1.29, 1.82) is 5.26 Å². The van der Waals surface area contributed by atoms with Gasteiger partial charge >= 0.3 is 0 Å². The van der Waals surface area contributed by atoms with Crippen LogP contribution in [0.1, 0.15) is 37.7 Å². The molecule has 0 aliphatic rings. The average molecular weight is 461 g/mol. The number of nitrogens with one attached hydrogen (secondary N) is 1. The zero-order valence-electron chi connectivity index (χ0n) is 17.3. The third kappa shape index (κ3) is 5.14. The first-order valence-corrected chi connectivity index (χ1v) is 11.4. The van der Waals surface area contributed by atoms with Gasteiger partial charge in [0.25, 0.3) is 0 Å². The van der Waals surface area contributed by atoms with E-state index in [0.29, 0.717) is 47.2 Å². The van der Waals surface area contributed by atoms with Gasteiger partial charge < -0.3 is 11.1 Å². The Morgan fingerprint density at radius 1 is 1.12 bits per heavy atom. The predicted molar refractivity (Wildman–Crippen MR) is 130 cm³/mol. The molecule has 4 aromatic rings. The van der Waals surface area contributed by atoms with Crippen molar-refractivity contribution in [3.05, 3.63) is 92.3 Å². The molecule has 3 N–H and O–H groups in total. The third-order valence-corrected chi connectivity index (χ3v) is 6.83. The Morgan fingerprint density at radius 2 is 2.00 bits per heavy atom. The summed E-state index contributed by atoms with van der Waals surface area (Å²) in [5.74, 6) is 0.594. The number of hydrogen-bond donors (Lipinski definition) is 2. The lowest BCUT2D eigenvalue weighted by atomic mass is 10.0. The van der Waals surface area contributed by atoms with Crippen molar-refractivity contribution >= 4 is 45.3 Å². The molecule has 32 heavy (non-hydrogen) atoms. The molecule has 4 rings (SSSR count). The Kier molecular flexibility index (Phi) is 6.81. The summed E-state index contributed by atoms with van der Waals surface area (Å²) in [5.41, 5.74) is 8.66. The van der Waals surface area contributed by atoms with Crippen molar-refractivity contribution < 1.29 is 4.79 Å². The number of nitrogens with zero attached hydrogens (tertiary/aromatic N) is 2. The summed E-state index contributed by atoms with van der Waals surface area (Å²) in [4.78, 5) is 18.4. The highest BCUT2D eigenvalue weighted by molar-refractivity contribution is 7.14. The van der Waals surface area contributed by atoms with Crippen LogP contribution in [0.5, 0.6) is 0 Å². The fourth-order valence-corrected chi connectivity index (χ4v) is 4.87. The smallest absolute Gasteiger partial charge is 0.173 e. The van der Waals surface area contributed by atoms with Gasteiger partial charge in [-0.2, -0.15) is 5.26 Å². The first-order chi connectivity index (χ1) is 15.5. The maximum Gasteiger partial charge on any atom is 0.173 e. The summed E-state index contributed by atoms with van der Waals surface area (Å²) >= 11 is 7.80. The SMILES string of the molecule is N#Cc1cccc(CNCc2sc(C(=O)CCc3ccc4c(N)nccc4c3)cc2Cl)c1. The molecule has 0 spiro atoms. The van der Waals surface area contributed by atoms with Gasteiger partial charge in [-0.15, -0.1) is 11.3 Å². The predicted octanol–water partition coefficient (Wildman–Crippen LogP) is 5.51. The molecule has 2 aromatic heterocycles. The number of aryl methyl sites for hydroxylation is 1. The maximum absolute atomic E-state index is 12.7. The normalized spacial score (nSPS) is 10.9. The number of fused-ring (bicyclic) bond motifs is 1. The van der Waals surface area contributed by atoms with Gasteiger partial charge in [0, 0.05) is 36.0 Å². The zero-order valence-corrected chi connectivity index (χ0v) is 18.8. The summed E-state index contributed by atoms with van der Waals surface area (Å²) in [6.45, 7) is 1.18. The Bertz CT molecular complexity index is 1330. The number of pyridine rings is 1. The van der Waals surface area contributed by atoms with E-state index in [0.717, 1.165) is 26.8 Å². The summed E-state index contributed by atoms with van der Waals surface area (Å²) in [5, 5.41) is 14.9. The Hall–Kier alpha value is -3.24. The van der Waals surface area contributed by atoms with Crippen molar-refractivity contribution in [2.75, 3.05) is 5.73 Å². The topological polar surface area (TPSA) is 91.8 Å². The van der Waals surface area contributed by atoms with Crippen molar-refractivity contribution in [2.45, 2.75) is 25.9 Å². The molecule has 2 aromatic carbocycles. The summed E-state index contributed by atoms with van der Waals surface area (Å²) in [6, 6.07) is 19.3. The van der Waals surface area contributed by atoms with Gasteiger partial charge in [-0.25, -0.2) is 4.98 Å². The van der Waals surface area contributed by atoms with Crippen molar-refractivity contribution in [3.63, 3.8) is 0 Å². The highest BCUT2D eigenvalue weighted by Gasteiger charge is 2.14. The molecule has 0 radical (unpaired) electrons. The maximum atomic E-state index is 12.7. The van der Waals surface area contributed by atoms with Crippen LogP contribution in [-0.2, 0) is 19.5 Å². The quantitative estimate of drug-likeness (QED) is 0.338. The number of nitrogens with two attached hydrogens (primary N) is 1. The Labute approximate surface area is 195 Å². The van der Waals surface area contributed by atoms with Crippen LogP contribution in [0.3, 0.4) is 0 Å². The molecule has 0 bridgehead atoms. The van der Waals surface area contributed by atoms with Crippen LogP contribution in [0.25, 0.3) is 10.8 Å². The molecular formula is C25H21ClN4OS. The van der Waals surface area contributed by atoms with Gasteiger partial charge in [0.2, 0.25) is 0 Å². The van der Waals surface area contributed by atoms with Gasteiger partial charge in [-0.1, -0.05) is 41.9 Å². The molecule has 0 fully saturated rings. The van der Waals surface area contributed by atoms with Crippen molar-refractivity contribution in [2.24, 2.45) is 0 Å². The molecule has 0 amide bonds. The lowest BCUT2D eigenvalue weighted by Crippen LogP contribution is -2.12. The van der Waals surface area contributed by atoms with E-state index in [-0.39, 0.29) is 5.78 Å². The number of aromatic nitrogens is 1. The lowest BCUT2D eigenvalue weighted by Gasteiger charge is -2.05. The number of anilines is 1. The van der Waals surface area contributed by atoms with Crippen LogP contribution in [0.15, 0.2) is 60.8 Å². The average Bonchev–Trinajstić information content (AvgIpc) is 3.18. The van der Waals surface area contributed by atoms with Crippen LogP contribution in [0, 0.1) is 11.3 Å². The molecule has 0 atom stereocenters. The van der Waals surface area contributed by atoms with E-state index in [1.807, 2.05) is 36.4 Å². The minimum Gasteiger partial charge on any atom is -0.383 e. The van der Waals surface area contributed by atoms with E-state index >= 15 is 0 Å². The molecule has 2 heterocycles. The highest BCUT2D eigenvalue weighted by Crippen LogP contribution is 2.28. The van der Waals surface area contributed by atoms with E-state index in [2.05, 4.69) is 22.4 Å². The second-order valence-corrected chi connectivity index (χ2v) is 9.02. The first-order valence-electron chi connectivity index (χ1n) is 10.2. The van der Waals surface area contributed by atoms with E-state index in [1.54, 1.807) is 18.3 Å². The number of carbonyl (C=O) groups is 1. The monoisotopic (exact) mass is 460 g/mol. The van der Waals surface area contributed by atoms with Crippen LogP contribution in [0.4, 0.5) is 5.82 Å². The number of halogens is 1. The van der Waals surface area contributed by atoms with Crippen molar-refractivity contribution in [1.82, 2.24) is 10.3 Å². The molecule has 0 saturated heterocycles. The minimum absolute atomic E-state index is 0.0826. The standard InChI is InChI=1S/C25H21ClN4OS/c26-21-12-23(32-24(21)15-29-14-18-3-1-2-17(10-18)13-27)22(31)7-5-16-4-6-20-19(11-16)8-9-30-25(20)28/h1-4,6,8-12,29H,5,7,14-15H2,(H2,28,30). The van der Waals surface area contributed by atoms with E-state index in [1.165, 1.54) is 11.3 Å². The molecule has 0 aliphatic carbocycles. The van der Waals surface area contributed by atoms with Gasteiger partial charge in [0.1, 0.15) is 5.82 Å². The number of nitriles is 1. The molecule has 7 heteroatoms. The van der Waals surface area contributed by atoms with Gasteiger partial charge in [-0.3, -0.25) is 4.79 Å². The third-order valence-electron chi connectivity index (χ3n) is 5.20. The van der Waals surface area contributed by atoms with E-state index in [9.17, 15) is 4.79 Å². The molecular weight excluding hydrogens is 440 g/mol. The molecule has 160 valence electrons. The van der Waals surface area contributed by atoms with Crippen LogP contribution in [0.2, 0.25) is 5.02 Å². The number of nitrogen functional groups attached to an aromatic ring is 1. The number of Topliss-reactive ketones (excluding diaryl/α,β-unsaturated/α-hetero) is 1. The van der Waals surface area contributed by atoms with Gasteiger partial charge in [0.15, 0.2) is 5.78 Å². The van der Waals surface area contributed by atoms with Gasteiger partial charge in [-0.05, 0) is 47.2 Å². The highest BCUT2D eigenvalue weighted by atomic mass is 35.5. The first kappa shape index (κ1) is 22.0. The van der Waals surface area contributed by atoms with Crippen LogP contribution < -0.4 is 11.1 Å². The molecule has 0 saturated carbocycles. The van der Waals surface area contributed by atoms with Crippen molar-refractivity contribution in [3.8, 4) is 6.07 Å².